The van der Waals surface area contributed by atoms with Crippen LogP contribution in [0.1, 0.15) is 75.1 Å². The lowest BCUT2D eigenvalue weighted by Gasteiger charge is -2.33. The quantitative estimate of drug-likeness (QED) is 0.0242. The van der Waals surface area contributed by atoms with Crippen molar-refractivity contribution in [3.05, 3.63) is 53.2 Å². The van der Waals surface area contributed by atoms with Crippen molar-refractivity contribution in [3.8, 4) is 5.75 Å². The van der Waals surface area contributed by atoms with E-state index in [9.17, 15) is 52.9 Å². The number of benzene rings is 1. The van der Waals surface area contributed by atoms with Gasteiger partial charge < -0.3 is 69.3 Å². The third-order valence-corrected chi connectivity index (χ3v) is 12.5. The summed E-state index contributed by atoms with van der Waals surface area (Å²) in [7, 11) is -4.59. The fourth-order valence-corrected chi connectivity index (χ4v) is 8.55. The van der Waals surface area contributed by atoms with E-state index in [1.807, 2.05) is 11.0 Å². The van der Waals surface area contributed by atoms with E-state index in [4.69, 9.17) is 47.2 Å². The molecule has 3 unspecified atom stereocenters. The first-order valence-corrected chi connectivity index (χ1v) is 26.5. The molecule has 3 atom stereocenters. The van der Waals surface area contributed by atoms with E-state index in [1.165, 1.54) is 5.56 Å². The number of phosphoric acid groups is 1. The summed E-state index contributed by atoms with van der Waals surface area (Å²) in [6.45, 7) is 1.72. The molecule has 3 heterocycles. The Hall–Kier alpha value is -6.12. The topological polar surface area (TPSA) is 341 Å². The van der Waals surface area contributed by atoms with Gasteiger partial charge in [0.2, 0.25) is 23.6 Å². The van der Waals surface area contributed by atoms with Gasteiger partial charge in [-0.3, -0.25) is 42.6 Å². The normalized spacial score (nSPS) is 14.9. The fourth-order valence-electron chi connectivity index (χ4n) is 7.79. The first-order valence-electron chi connectivity index (χ1n) is 25.0. The molecule has 4 rings (SSSR count). The van der Waals surface area contributed by atoms with Crippen LogP contribution in [0.25, 0.3) is 0 Å². The Kier molecular flexibility index (Phi) is 28.4. The van der Waals surface area contributed by atoms with Crippen molar-refractivity contribution in [1.82, 2.24) is 25.8 Å². The molecule has 2 aliphatic rings. The molecule has 6 N–H and O–H groups in total. The number of ether oxygens (including phenoxy) is 7. The number of phosphoric ester groups is 1. The molecule has 0 saturated carbocycles. The number of hydrogen-bond acceptors (Lipinski definition) is 20. The molecule has 1 saturated heterocycles. The van der Waals surface area contributed by atoms with Crippen molar-refractivity contribution >= 4 is 61.1 Å². The van der Waals surface area contributed by atoms with E-state index in [-0.39, 0.29) is 95.8 Å². The van der Waals surface area contributed by atoms with E-state index in [0.29, 0.717) is 32.4 Å². The molecule has 26 nitrogen and oxygen atoms in total. The second-order valence-corrected chi connectivity index (χ2v) is 19.1. The first kappa shape index (κ1) is 62.4. The number of pyridine rings is 1. The lowest BCUT2D eigenvalue weighted by atomic mass is 9.82. The van der Waals surface area contributed by atoms with Crippen LogP contribution >= 0.6 is 7.82 Å². The van der Waals surface area contributed by atoms with E-state index < -0.39 is 82.0 Å². The number of aliphatic carboxylic acids is 1. The molecular formula is C49H71N6O20P. The number of likely N-dealkylation sites (tertiary alicyclic amines) is 1. The van der Waals surface area contributed by atoms with Crippen LogP contribution in [0.4, 0.5) is 5.82 Å². The van der Waals surface area contributed by atoms with Gasteiger partial charge in [-0.25, -0.2) is 14.3 Å². The predicted octanol–water partition coefficient (Wildman–Crippen LogP) is 1.21. The summed E-state index contributed by atoms with van der Waals surface area (Å²) in [6, 6.07) is 10.8. The minimum atomic E-state index is -4.59. The molecular weight excluding hydrogens is 1020 g/mol. The van der Waals surface area contributed by atoms with Crippen LogP contribution in [-0.2, 0) is 93.2 Å². The minimum Gasteiger partial charge on any atom is -0.481 e. The Morgan fingerprint density at radius 3 is 2.12 bits per heavy atom. The molecule has 1 aromatic carbocycles. The van der Waals surface area contributed by atoms with Gasteiger partial charge >= 0.3 is 31.7 Å². The summed E-state index contributed by atoms with van der Waals surface area (Å²) < 4.78 is 57.5. The average Bonchev–Trinajstić information content (AvgIpc) is 3.38. The Morgan fingerprint density at radius 1 is 0.776 bits per heavy atom. The number of carboxylic acid groups (broad SMARTS) is 1. The standard InChI is InChI=1S/C49H71N6O20P/c1-34(56)71-29-42(74-35(2)57)30-73-76(65,66)72-21-17-51-44(59)31-68-23-22-67-20-16-50-43(58)28-53-45(60)32-69-24-25-70-33-48(64)75-41-10-6-37(7-11-41)39(27-47(62)63)26-36-13-18-55(19-14-36)46(61)12-9-40-8-5-38-4-3-15-52-49(38)54-40/h5-8,10-11,36,39,42H,3-4,9,12-33H2,1-2H3,(H,50,58)(H,51,59)(H,52,54)(H,53,60)(H,62,63)(H,65,66). The highest BCUT2D eigenvalue weighted by Crippen LogP contribution is 2.43. The number of anilines is 1. The molecule has 2 aliphatic heterocycles. The van der Waals surface area contributed by atoms with E-state index >= 15 is 0 Å². The lowest BCUT2D eigenvalue weighted by molar-refractivity contribution is -0.158. The predicted molar refractivity (Wildman–Crippen MR) is 267 cm³/mol. The van der Waals surface area contributed by atoms with Gasteiger partial charge in [-0.2, -0.15) is 0 Å². The number of fused-ring (bicyclic) bond motifs is 1. The highest BCUT2D eigenvalue weighted by molar-refractivity contribution is 7.47. The molecule has 2 aromatic rings. The molecule has 0 bridgehead atoms. The van der Waals surface area contributed by atoms with Crippen molar-refractivity contribution in [2.45, 2.75) is 77.2 Å². The number of carbonyl (C=O) groups is 8. The molecule has 76 heavy (non-hydrogen) atoms. The zero-order chi connectivity index (χ0) is 55.1. The number of nitrogens with one attached hydrogen (secondary N) is 4. The SMILES string of the molecule is CC(=O)OCC(COP(=O)(O)OCCNC(=O)COCCOCCNC(=O)CNC(=O)COCCOCC(=O)Oc1ccc(C(CC(=O)O)CC2CCN(C(=O)CCc3ccc4c(n3)NCCC4)CC2)cc1)OC(C)=O. The van der Waals surface area contributed by atoms with Crippen molar-refractivity contribution < 1.29 is 95.1 Å². The highest BCUT2D eigenvalue weighted by atomic mass is 31.2. The zero-order valence-electron chi connectivity index (χ0n) is 43.0. The van der Waals surface area contributed by atoms with Crippen LogP contribution in [0.3, 0.4) is 0 Å². The highest BCUT2D eigenvalue weighted by Gasteiger charge is 2.28. The van der Waals surface area contributed by atoms with Crippen LogP contribution in [0.5, 0.6) is 5.75 Å². The maximum Gasteiger partial charge on any atom is 0.472 e. The smallest absolute Gasteiger partial charge is 0.472 e. The van der Waals surface area contributed by atoms with Gasteiger partial charge in [0.05, 0.1) is 59.2 Å². The molecule has 0 spiro atoms. The Labute approximate surface area is 440 Å². The maximum absolute atomic E-state index is 13.1. The summed E-state index contributed by atoms with van der Waals surface area (Å²) in [5.74, 6) is -3.29. The molecule has 1 fully saturated rings. The number of nitrogens with zero attached hydrogens (tertiary/aromatic N) is 2. The number of piperidine rings is 1. The number of aryl methyl sites for hydroxylation is 2. The van der Waals surface area contributed by atoms with Gasteiger partial charge in [-0.15, -0.1) is 0 Å². The molecule has 4 amide bonds. The van der Waals surface area contributed by atoms with Crippen LogP contribution in [0.2, 0.25) is 0 Å². The van der Waals surface area contributed by atoms with Crippen molar-refractivity contribution in [1.29, 1.82) is 0 Å². The fraction of sp³-hybridized carbons (Fsp3) is 0.612. The Morgan fingerprint density at radius 2 is 1.43 bits per heavy atom. The molecule has 0 radical (unpaired) electrons. The summed E-state index contributed by atoms with van der Waals surface area (Å²) in [5, 5.41) is 20.4. The van der Waals surface area contributed by atoms with Gasteiger partial charge in [0.1, 0.15) is 38.0 Å². The summed E-state index contributed by atoms with van der Waals surface area (Å²) in [4.78, 5) is 112. The molecule has 1 aromatic heterocycles. The summed E-state index contributed by atoms with van der Waals surface area (Å²) in [6.07, 6.45) is 4.07. The van der Waals surface area contributed by atoms with E-state index in [0.717, 1.165) is 63.2 Å². The van der Waals surface area contributed by atoms with Gasteiger partial charge in [-0.1, -0.05) is 18.2 Å². The molecule has 0 aliphatic carbocycles. The van der Waals surface area contributed by atoms with Gasteiger partial charge in [-0.05, 0) is 79.7 Å². The first-order chi connectivity index (χ1) is 36.4. The largest absolute Gasteiger partial charge is 0.481 e. The van der Waals surface area contributed by atoms with Crippen LogP contribution < -0.4 is 26.0 Å². The summed E-state index contributed by atoms with van der Waals surface area (Å²) >= 11 is 0. The molecule has 27 heteroatoms. The second-order valence-electron chi connectivity index (χ2n) is 17.6. The Balaban J connectivity index is 0.957. The van der Waals surface area contributed by atoms with Gasteiger partial charge in [0.15, 0.2) is 6.10 Å². The molecule has 422 valence electrons. The van der Waals surface area contributed by atoms with Crippen LogP contribution in [0.15, 0.2) is 36.4 Å². The zero-order valence-corrected chi connectivity index (χ0v) is 43.9. The number of aromatic nitrogens is 1. The van der Waals surface area contributed by atoms with Crippen molar-refractivity contribution in [2.24, 2.45) is 5.92 Å². The van der Waals surface area contributed by atoms with Crippen molar-refractivity contribution in [2.75, 3.05) is 117 Å². The number of hydrogen-bond donors (Lipinski definition) is 6. The van der Waals surface area contributed by atoms with E-state index in [2.05, 4.69) is 27.3 Å². The van der Waals surface area contributed by atoms with Crippen molar-refractivity contribution in [3.63, 3.8) is 0 Å². The van der Waals surface area contributed by atoms with Gasteiger partial charge in [0, 0.05) is 58.7 Å². The lowest BCUT2D eigenvalue weighted by Crippen LogP contribution is -2.39. The maximum atomic E-state index is 13.1. The summed E-state index contributed by atoms with van der Waals surface area (Å²) in [5.41, 5.74) is 2.92. The number of rotatable bonds is 36. The Bertz CT molecular complexity index is 2250. The monoisotopic (exact) mass is 1090 g/mol. The average molecular weight is 1100 g/mol. The van der Waals surface area contributed by atoms with Gasteiger partial charge in [0.25, 0.3) is 0 Å². The third-order valence-electron chi connectivity index (χ3n) is 11.5. The number of amides is 4. The second kappa shape index (κ2) is 34.5. The third kappa shape index (κ3) is 26.6. The number of carbonyl (C=O) groups excluding carboxylic acids is 7. The van der Waals surface area contributed by atoms with Crippen LogP contribution in [-0.4, -0.2) is 185 Å². The number of carboxylic acids is 1. The van der Waals surface area contributed by atoms with E-state index in [1.54, 1.807) is 24.3 Å². The minimum absolute atomic E-state index is 0.0236. The van der Waals surface area contributed by atoms with Crippen LogP contribution in [0, 0.1) is 5.92 Å². The number of esters is 3.